The first kappa shape index (κ1) is 36.9. The summed E-state index contributed by atoms with van der Waals surface area (Å²) in [6.45, 7) is 8.28. The summed E-state index contributed by atoms with van der Waals surface area (Å²) in [6, 6.07) is 11.2. The number of anilines is 2. The van der Waals surface area contributed by atoms with Gasteiger partial charge in [0.1, 0.15) is 4.90 Å². The molecule has 1 aromatic heterocycles. The Hall–Kier alpha value is -4.37. The number of aromatic nitrogens is 1. The van der Waals surface area contributed by atoms with Gasteiger partial charge in [-0.1, -0.05) is 12.1 Å². The number of sulfonamides is 1. The monoisotopic (exact) mass is 744 g/mol. The van der Waals surface area contributed by atoms with Crippen LogP contribution in [-0.2, 0) is 24.9 Å². The van der Waals surface area contributed by atoms with E-state index in [0.29, 0.717) is 23.7 Å². The van der Waals surface area contributed by atoms with Crippen LogP contribution in [0.3, 0.4) is 0 Å². The van der Waals surface area contributed by atoms with Crippen molar-refractivity contribution >= 4 is 76.5 Å². The van der Waals surface area contributed by atoms with Gasteiger partial charge in [0.05, 0.1) is 33.0 Å². The molecule has 0 aliphatic carbocycles. The van der Waals surface area contributed by atoms with Gasteiger partial charge in [-0.25, -0.2) is 13.1 Å². The molecule has 2 amide bonds. The van der Waals surface area contributed by atoms with Crippen molar-refractivity contribution in [1.29, 1.82) is 0 Å². The maximum absolute atomic E-state index is 13.5. The van der Waals surface area contributed by atoms with E-state index in [1.807, 2.05) is 0 Å². The highest BCUT2D eigenvalue weighted by Gasteiger charge is 2.41. The number of hydrogen-bond acceptors (Lipinski definition) is 13. The predicted molar refractivity (Wildman–Crippen MR) is 187 cm³/mol. The fraction of sp³-hybridized carbons (Fsp3) is 0.323. The van der Waals surface area contributed by atoms with Crippen LogP contribution in [0.1, 0.15) is 57.8 Å². The molecule has 2 heterocycles. The molecule has 50 heavy (non-hydrogen) atoms. The van der Waals surface area contributed by atoms with Crippen LogP contribution in [0.15, 0.2) is 74.6 Å². The molecule has 1 aliphatic heterocycles. The SMILES string of the molecule is CC(=O)Nc1cc(N=Nc2snc3ccc(S(=O)(=O)NC4CC(C)(C)N([O-])C(C)(C)C4)cc23)cc(NC(=O)c2ccccc2S(=O)(=O)O)c1O. The van der Waals surface area contributed by atoms with E-state index in [2.05, 4.69) is 30.0 Å². The highest BCUT2D eigenvalue weighted by Crippen LogP contribution is 2.40. The number of amides is 2. The quantitative estimate of drug-likeness (QED) is 0.0794. The minimum absolute atomic E-state index is 0.0202. The lowest BCUT2D eigenvalue weighted by Crippen LogP contribution is -2.61. The van der Waals surface area contributed by atoms with Crippen LogP contribution in [0, 0.1) is 5.21 Å². The number of nitrogens with one attached hydrogen (secondary N) is 3. The van der Waals surface area contributed by atoms with E-state index in [-0.39, 0.29) is 27.0 Å². The summed E-state index contributed by atoms with van der Waals surface area (Å²) in [5.41, 5.74) is -1.96. The second-order valence-electron chi connectivity index (χ2n) is 13.0. The summed E-state index contributed by atoms with van der Waals surface area (Å²) >= 11 is 0.935. The number of fused-ring (bicyclic) bond motifs is 1. The molecule has 16 nitrogen and oxygen atoms in total. The molecule has 4 aromatic rings. The Morgan fingerprint density at radius 2 is 1.58 bits per heavy atom. The van der Waals surface area contributed by atoms with Crippen molar-refractivity contribution in [3.05, 3.63) is 65.4 Å². The summed E-state index contributed by atoms with van der Waals surface area (Å²) in [5.74, 6) is -2.14. The first-order chi connectivity index (χ1) is 23.2. The first-order valence-corrected chi connectivity index (χ1v) is 18.7. The number of hydroxylamine groups is 2. The molecule has 1 aliphatic rings. The molecule has 1 saturated heterocycles. The van der Waals surface area contributed by atoms with Gasteiger partial charge >= 0.3 is 0 Å². The van der Waals surface area contributed by atoms with Gasteiger partial charge in [-0.15, -0.1) is 10.2 Å². The smallest absolute Gasteiger partial charge is 0.295 e. The van der Waals surface area contributed by atoms with Crippen molar-refractivity contribution in [1.82, 2.24) is 14.2 Å². The lowest BCUT2D eigenvalue weighted by atomic mass is 9.79. The van der Waals surface area contributed by atoms with Crippen LogP contribution < -0.4 is 15.4 Å². The number of aromatic hydroxyl groups is 1. The van der Waals surface area contributed by atoms with Gasteiger partial charge in [-0.3, -0.25) is 14.1 Å². The van der Waals surface area contributed by atoms with Crippen molar-refractivity contribution in [2.24, 2.45) is 10.2 Å². The number of benzene rings is 3. The van der Waals surface area contributed by atoms with Crippen molar-refractivity contribution in [2.75, 3.05) is 10.6 Å². The van der Waals surface area contributed by atoms with Crippen LogP contribution in [0.4, 0.5) is 22.1 Å². The number of azo groups is 1. The molecular formula is C31H34N7O9S3-. The minimum Gasteiger partial charge on any atom is -0.784 e. The molecule has 3 aromatic carbocycles. The van der Waals surface area contributed by atoms with Crippen molar-refractivity contribution < 1.29 is 36.1 Å². The van der Waals surface area contributed by atoms with E-state index >= 15 is 0 Å². The van der Waals surface area contributed by atoms with Gasteiger partial charge in [0.2, 0.25) is 15.9 Å². The zero-order valence-electron chi connectivity index (χ0n) is 27.5. The van der Waals surface area contributed by atoms with Crippen LogP contribution in [0.25, 0.3) is 10.9 Å². The van der Waals surface area contributed by atoms with Crippen molar-refractivity contribution in [2.45, 2.75) is 74.4 Å². The van der Waals surface area contributed by atoms with E-state index in [1.165, 1.54) is 49.4 Å². The van der Waals surface area contributed by atoms with E-state index in [4.69, 9.17) is 0 Å². The van der Waals surface area contributed by atoms with Gasteiger partial charge in [-0.2, -0.15) is 12.8 Å². The molecule has 0 bridgehead atoms. The Balaban J connectivity index is 1.45. The molecule has 0 unspecified atom stereocenters. The Kier molecular flexibility index (Phi) is 9.89. The van der Waals surface area contributed by atoms with Gasteiger partial charge in [0, 0.05) is 29.4 Å². The van der Waals surface area contributed by atoms with Gasteiger partial charge in [0.25, 0.3) is 16.0 Å². The second-order valence-corrected chi connectivity index (χ2v) is 16.9. The molecular weight excluding hydrogens is 711 g/mol. The average Bonchev–Trinajstić information content (AvgIpc) is 3.42. The summed E-state index contributed by atoms with van der Waals surface area (Å²) in [4.78, 5) is 24.2. The largest absolute Gasteiger partial charge is 0.784 e. The maximum Gasteiger partial charge on any atom is 0.295 e. The van der Waals surface area contributed by atoms with E-state index in [9.17, 15) is 41.3 Å². The summed E-state index contributed by atoms with van der Waals surface area (Å²) in [6.07, 6.45) is 0.618. The number of phenols is 1. The minimum atomic E-state index is -4.77. The third kappa shape index (κ3) is 7.83. The molecule has 0 atom stereocenters. The Morgan fingerprint density at radius 1 is 0.960 bits per heavy atom. The molecule has 0 radical (unpaired) electrons. The molecule has 266 valence electrons. The third-order valence-corrected chi connectivity index (χ3v) is 11.2. The lowest BCUT2D eigenvalue weighted by Gasteiger charge is -2.59. The van der Waals surface area contributed by atoms with Gasteiger partial charge < -0.3 is 26.0 Å². The van der Waals surface area contributed by atoms with Crippen molar-refractivity contribution in [3.63, 3.8) is 0 Å². The molecule has 5 N–H and O–H groups in total. The summed E-state index contributed by atoms with van der Waals surface area (Å²) < 4.78 is 67.3. The zero-order chi connectivity index (χ0) is 36.8. The Morgan fingerprint density at radius 3 is 2.20 bits per heavy atom. The highest BCUT2D eigenvalue weighted by atomic mass is 32.2. The number of carbonyl (C=O) groups is 2. The van der Waals surface area contributed by atoms with Crippen LogP contribution in [0.2, 0.25) is 0 Å². The third-order valence-electron chi connectivity index (χ3n) is 7.97. The van der Waals surface area contributed by atoms with E-state index in [1.54, 1.807) is 27.7 Å². The van der Waals surface area contributed by atoms with Crippen molar-refractivity contribution in [3.8, 4) is 5.75 Å². The number of nitrogens with zero attached hydrogens (tertiary/aromatic N) is 4. The number of piperidine rings is 1. The maximum atomic E-state index is 13.5. The first-order valence-electron chi connectivity index (χ1n) is 15.0. The number of hydrogen-bond donors (Lipinski definition) is 5. The van der Waals surface area contributed by atoms with E-state index < -0.39 is 65.3 Å². The fourth-order valence-electron chi connectivity index (χ4n) is 6.01. The fourth-order valence-corrected chi connectivity index (χ4v) is 8.64. The lowest BCUT2D eigenvalue weighted by molar-refractivity contribution is -0.114. The Labute approximate surface area is 292 Å². The molecule has 5 rings (SSSR count). The molecule has 0 saturated carbocycles. The average molecular weight is 745 g/mol. The predicted octanol–water partition coefficient (Wildman–Crippen LogP) is 5.67. The van der Waals surface area contributed by atoms with Gasteiger partial charge in [-0.05, 0) is 94.5 Å². The molecule has 1 fully saturated rings. The second kappa shape index (κ2) is 13.4. The summed E-state index contributed by atoms with van der Waals surface area (Å²) in [5, 5.41) is 38.4. The van der Waals surface area contributed by atoms with E-state index in [0.717, 1.165) is 28.7 Å². The van der Waals surface area contributed by atoms with Crippen LogP contribution in [-0.4, -0.2) is 64.9 Å². The van der Waals surface area contributed by atoms with Crippen LogP contribution >= 0.6 is 11.5 Å². The normalized spacial score (nSPS) is 16.9. The number of rotatable bonds is 9. The highest BCUT2D eigenvalue weighted by molar-refractivity contribution is 7.89. The zero-order valence-corrected chi connectivity index (χ0v) is 29.9. The Bertz CT molecular complexity index is 2230. The topological polar surface area (TPSA) is 243 Å². The summed E-state index contributed by atoms with van der Waals surface area (Å²) in [7, 11) is -8.80. The standard InChI is InChI=1S/C31H34N7O9S3/c1-17(39)32-24-12-18(13-25(27(24)40)33-28(41)21-8-6-7-9-26(21)50(45,46)47)34-35-29-22-14-20(10-11-23(22)36-48-29)49(43,44)37-19-15-30(2,3)38(42)31(4,5)16-19/h6-14,19,37,40H,15-16H2,1-5H3,(H,32,39)(H,33,41)(H,45,46,47)/q-1. The van der Waals surface area contributed by atoms with Crippen LogP contribution in [0.5, 0.6) is 5.75 Å². The number of carbonyl (C=O) groups excluding carboxylic acids is 2. The molecule has 19 heteroatoms. The molecule has 0 spiro atoms. The van der Waals surface area contributed by atoms with Gasteiger partial charge in [0.15, 0.2) is 10.8 Å². The number of phenolic OH excluding ortho intramolecular Hbond substituents is 1.